The van der Waals surface area contributed by atoms with Crippen molar-refractivity contribution in [2.75, 3.05) is 9.96 Å². The van der Waals surface area contributed by atoms with Crippen molar-refractivity contribution in [3.8, 4) is 5.75 Å². The summed E-state index contributed by atoms with van der Waals surface area (Å²) >= 11 is 12.2. The Kier molecular flexibility index (Phi) is 4.85. The highest BCUT2D eigenvalue weighted by atomic mass is 35.5. The number of benzene rings is 3. The maximum absolute atomic E-state index is 13.5. The number of phenolic OH excluding ortho intramolecular Hbond substituents is 1. The third kappa shape index (κ3) is 3.33. The molecule has 2 aliphatic heterocycles. The Morgan fingerprint density at radius 3 is 2.10 bits per heavy atom. The van der Waals surface area contributed by atoms with E-state index in [4.69, 9.17) is 28.0 Å². The number of halogens is 2. The Balaban J connectivity index is 1.59. The van der Waals surface area contributed by atoms with Crippen LogP contribution in [-0.4, -0.2) is 23.0 Å². The van der Waals surface area contributed by atoms with E-state index in [0.717, 1.165) is 10.5 Å². The molecule has 31 heavy (non-hydrogen) atoms. The van der Waals surface area contributed by atoms with Crippen molar-refractivity contribution >= 4 is 46.4 Å². The van der Waals surface area contributed by atoms with Crippen LogP contribution in [0, 0.1) is 5.92 Å². The molecule has 0 spiro atoms. The summed E-state index contributed by atoms with van der Waals surface area (Å²) in [6, 6.07) is 19.8. The number of phenols is 1. The minimum atomic E-state index is -0.996. The smallest absolute Gasteiger partial charge is 0.266 e. The molecule has 3 aromatic carbocycles. The molecule has 2 heterocycles. The maximum Gasteiger partial charge on any atom is 0.266 e. The first kappa shape index (κ1) is 19.9. The van der Waals surface area contributed by atoms with Gasteiger partial charge in [0, 0.05) is 10.0 Å². The topological polar surface area (TPSA) is 70.1 Å². The van der Waals surface area contributed by atoms with Crippen molar-refractivity contribution in [3.63, 3.8) is 0 Å². The fraction of sp³-hybridized carbons (Fsp3) is 0.130. The monoisotopic (exact) mass is 454 g/mol. The van der Waals surface area contributed by atoms with Gasteiger partial charge >= 0.3 is 0 Å². The molecule has 6 nitrogen and oxygen atoms in total. The lowest BCUT2D eigenvalue weighted by Gasteiger charge is -2.28. The molecule has 156 valence electrons. The lowest BCUT2D eigenvalue weighted by molar-refractivity contribution is -0.126. The lowest BCUT2D eigenvalue weighted by atomic mass is 9.90. The van der Waals surface area contributed by atoms with Gasteiger partial charge in [0.1, 0.15) is 11.7 Å². The van der Waals surface area contributed by atoms with Gasteiger partial charge in [-0.05, 0) is 48.0 Å². The largest absolute Gasteiger partial charge is 0.508 e. The minimum Gasteiger partial charge on any atom is -0.508 e. The Bertz CT molecular complexity index is 1150. The van der Waals surface area contributed by atoms with E-state index >= 15 is 0 Å². The van der Waals surface area contributed by atoms with Crippen LogP contribution in [0.15, 0.2) is 72.8 Å². The molecule has 0 radical (unpaired) electrons. The number of nitrogens with zero attached hydrogens (tertiary/aromatic N) is 2. The van der Waals surface area contributed by atoms with Crippen LogP contribution in [-0.2, 0) is 14.4 Å². The molecular weight excluding hydrogens is 439 g/mol. The minimum absolute atomic E-state index is 0.106. The third-order valence-corrected chi connectivity index (χ3v) is 5.90. The molecular formula is C23H16Cl2N2O4. The molecule has 2 aliphatic rings. The zero-order valence-electron chi connectivity index (χ0n) is 16.0. The van der Waals surface area contributed by atoms with E-state index < -0.39 is 29.9 Å². The summed E-state index contributed by atoms with van der Waals surface area (Å²) < 4.78 is 0. The summed E-state index contributed by atoms with van der Waals surface area (Å²) in [6.45, 7) is 0. The van der Waals surface area contributed by atoms with Crippen molar-refractivity contribution in [3.05, 3.63) is 88.4 Å². The van der Waals surface area contributed by atoms with E-state index in [1.165, 1.54) is 18.2 Å². The Labute approximate surface area is 188 Å². The molecule has 3 aromatic rings. The van der Waals surface area contributed by atoms with Crippen LogP contribution in [0.1, 0.15) is 11.6 Å². The van der Waals surface area contributed by atoms with Crippen molar-refractivity contribution < 1.29 is 19.5 Å². The van der Waals surface area contributed by atoms with Crippen LogP contribution in [0.25, 0.3) is 0 Å². The van der Waals surface area contributed by atoms with Crippen molar-refractivity contribution in [1.29, 1.82) is 0 Å². The molecule has 0 unspecified atom stereocenters. The number of para-hydroxylation sites is 1. The molecule has 8 heteroatoms. The van der Waals surface area contributed by atoms with Crippen LogP contribution in [0.2, 0.25) is 10.0 Å². The molecule has 2 fully saturated rings. The summed E-state index contributed by atoms with van der Waals surface area (Å²) in [5, 5.41) is 11.9. The van der Waals surface area contributed by atoms with E-state index in [1.54, 1.807) is 29.3 Å². The van der Waals surface area contributed by atoms with E-state index in [1.807, 2.05) is 30.3 Å². The molecule has 0 bridgehead atoms. The standard InChI is InChI=1S/C23H16Cl2N2O4/c24-14-10-15(25)12-17(11-14)26-22(29)19-20(13-6-8-18(28)9-7-13)27(31-21(19)23(26)30)16-4-2-1-3-5-16/h1-12,19-21,28H/t19-,20+,21-/m1/s1. The molecule has 5 rings (SSSR count). The SMILES string of the molecule is O=C1[C@H]2[C@@H](ON(c3ccccc3)[C@H]2c2ccc(O)cc2)C(=O)N1c1cc(Cl)cc(Cl)c1. The number of amides is 2. The number of carbonyl (C=O) groups excluding carboxylic acids is 2. The fourth-order valence-corrected chi connectivity index (χ4v) is 4.66. The number of fused-ring (bicyclic) bond motifs is 1. The zero-order valence-corrected chi connectivity index (χ0v) is 17.5. The number of carbonyl (C=O) groups is 2. The van der Waals surface area contributed by atoms with Gasteiger partial charge in [-0.3, -0.25) is 14.4 Å². The van der Waals surface area contributed by atoms with Gasteiger partial charge < -0.3 is 5.11 Å². The average molecular weight is 455 g/mol. The summed E-state index contributed by atoms with van der Waals surface area (Å²) in [4.78, 5) is 33.9. The molecule has 0 aromatic heterocycles. The van der Waals surface area contributed by atoms with Crippen LogP contribution in [0.4, 0.5) is 11.4 Å². The highest BCUT2D eigenvalue weighted by Gasteiger charge is 2.60. The maximum atomic E-state index is 13.5. The van der Waals surface area contributed by atoms with Gasteiger partial charge in [-0.25, -0.2) is 9.96 Å². The predicted molar refractivity (Wildman–Crippen MR) is 117 cm³/mol. The first-order chi connectivity index (χ1) is 14.9. The second-order valence-electron chi connectivity index (χ2n) is 7.39. The molecule has 3 atom stereocenters. The Hall–Kier alpha value is -3.06. The van der Waals surface area contributed by atoms with Crippen molar-refractivity contribution in [2.45, 2.75) is 12.1 Å². The number of rotatable bonds is 3. The number of imide groups is 1. The van der Waals surface area contributed by atoms with Crippen molar-refractivity contribution in [1.82, 2.24) is 0 Å². The van der Waals surface area contributed by atoms with Gasteiger partial charge in [0.25, 0.3) is 5.91 Å². The fourth-order valence-electron chi connectivity index (χ4n) is 4.15. The van der Waals surface area contributed by atoms with Gasteiger partial charge in [0.2, 0.25) is 5.91 Å². The summed E-state index contributed by atoms with van der Waals surface area (Å²) in [5.74, 6) is -1.55. The summed E-state index contributed by atoms with van der Waals surface area (Å²) in [5.41, 5.74) is 1.76. The summed E-state index contributed by atoms with van der Waals surface area (Å²) in [7, 11) is 0. The molecule has 2 saturated heterocycles. The predicted octanol–water partition coefficient (Wildman–Crippen LogP) is 4.75. The van der Waals surface area contributed by atoms with Gasteiger partial charge in [0.05, 0.1) is 17.4 Å². The van der Waals surface area contributed by atoms with Crippen LogP contribution < -0.4 is 9.96 Å². The second kappa shape index (κ2) is 7.57. The van der Waals surface area contributed by atoms with E-state index in [2.05, 4.69) is 0 Å². The quantitative estimate of drug-likeness (QED) is 0.578. The second-order valence-corrected chi connectivity index (χ2v) is 8.26. The first-order valence-corrected chi connectivity index (χ1v) is 10.3. The molecule has 0 saturated carbocycles. The highest BCUT2D eigenvalue weighted by molar-refractivity contribution is 6.35. The number of hydroxylamine groups is 1. The molecule has 1 N–H and O–H groups in total. The van der Waals surface area contributed by atoms with E-state index in [0.29, 0.717) is 21.4 Å². The average Bonchev–Trinajstić information content (AvgIpc) is 3.25. The number of hydrogen-bond acceptors (Lipinski definition) is 5. The number of aromatic hydroxyl groups is 1. The lowest BCUT2D eigenvalue weighted by Crippen LogP contribution is -2.37. The number of hydrogen-bond donors (Lipinski definition) is 1. The number of anilines is 2. The summed E-state index contributed by atoms with van der Waals surface area (Å²) in [6.07, 6.45) is -0.996. The molecule has 0 aliphatic carbocycles. The van der Waals surface area contributed by atoms with Gasteiger partial charge in [0.15, 0.2) is 6.10 Å². The van der Waals surface area contributed by atoms with E-state index in [9.17, 15) is 14.7 Å². The normalized spacial score (nSPS) is 22.8. The van der Waals surface area contributed by atoms with Crippen LogP contribution >= 0.6 is 23.2 Å². The highest BCUT2D eigenvalue weighted by Crippen LogP contribution is 2.48. The Morgan fingerprint density at radius 2 is 1.45 bits per heavy atom. The third-order valence-electron chi connectivity index (χ3n) is 5.47. The Morgan fingerprint density at radius 1 is 0.806 bits per heavy atom. The zero-order chi connectivity index (χ0) is 21.7. The molecule has 2 amide bonds. The van der Waals surface area contributed by atoms with Crippen LogP contribution in [0.3, 0.4) is 0 Å². The van der Waals surface area contributed by atoms with Crippen molar-refractivity contribution in [2.24, 2.45) is 5.92 Å². The van der Waals surface area contributed by atoms with Gasteiger partial charge in [-0.1, -0.05) is 53.5 Å². The van der Waals surface area contributed by atoms with Gasteiger partial charge in [-0.15, -0.1) is 0 Å². The first-order valence-electron chi connectivity index (χ1n) is 9.58. The van der Waals surface area contributed by atoms with E-state index in [-0.39, 0.29) is 5.75 Å². The van der Waals surface area contributed by atoms with Crippen LogP contribution in [0.5, 0.6) is 5.75 Å². The van der Waals surface area contributed by atoms with Gasteiger partial charge in [-0.2, -0.15) is 0 Å².